The SMILES string of the molecule is C=CCOC(=O)[C@@H](N)Cc1ccc(OCc2ccccc2)c(OC(C)(C)C(=O)OC)c1. The topological polar surface area (TPSA) is 97.1 Å². The second-order valence-corrected chi connectivity index (χ2v) is 7.39. The van der Waals surface area contributed by atoms with Crippen LogP contribution in [0.2, 0.25) is 0 Å². The van der Waals surface area contributed by atoms with E-state index in [1.165, 1.54) is 13.2 Å². The van der Waals surface area contributed by atoms with Crippen molar-refractivity contribution < 1.29 is 28.5 Å². The van der Waals surface area contributed by atoms with Crippen molar-refractivity contribution in [3.63, 3.8) is 0 Å². The molecule has 7 nitrogen and oxygen atoms in total. The van der Waals surface area contributed by atoms with Crippen LogP contribution in [0.3, 0.4) is 0 Å². The van der Waals surface area contributed by atoms with Gasteiger partial charge in [-0.05, 0) is 43.5 Å². The van der Waals surface area contributed by atoms with Crippen LogP contribution in [-0.4, -0.2) is 37.3 Å². The zero-order valence-corrected chi connectivity index (χ0v) is 18.1. The van der Waals surface area contributed by atoms with Crippen molar-refractivity contribution in [1.29, 1.82) is 0 Å². The van der Waals surface area contributed by atoms with Gasteiger partial charge in [-0.1, -0.05) is 49.1 Å². The first kappa shape index (κ1) is 24.0. The van der Waals surface area contributed by atoms with Crippen molar-refractivity contribution in [2.45, 2.75) is 38.5 Å². The fourth-order valence-corrected chi connectivity index (χ4v) is 2.76. The molecule has 0 fully saturated rings. The number of nitrogens with two attached hydrogens (primary N) is 1. The number of esters is 2. The first-order valence-corrected chi connectivity index (χ1v) is 9.87. The number of carbonyl (C=O) groups is 2. The van der Waals surface area contributed by atoms with E-state index in [4.69, 9.17) is 24.7 Å². The highest BCUT2D eigenvalue weighted by atomic mass is 16.6. The summed E-state index contributed by atoms with van der Waals surface area (Å²) in [7, 11) is 1.30. The van der Waals surface area contributed by atoms with Gasteiger partial charge in [0, 0.05) is 0 Å². The summed E-state index contributed by atoms with van der Waals surface area (Å²) in [6.07, 6.45) is 1.70. The highest BCUT2D eigenvalue weighted by molar-refractivity contribution is 5.79. The van der Waals surface area contributed by atoms with E-state index < -0.39 is 23.6 Å². The summed E-state index contributed by atoms with van der Waals surface area (Å²) < 4.78 is 21.7. The smallest absolute Gasteiger partial charge is 0.349 e. The first-order valence-electron chi connectivity index (χ1n) is 9.87. The molecule has 2 aromatic carbocycles. The summed E-state index contributed by atoms with van der Waals surface area (Å²) in [6, 6.07) is 14.0. The van der Waals surface area contributed by atoms with Gasteiger partial charge in [0.1, 0.15) is 19.3 Å². The summed E-state index contributed by atoms with van der Waals surface area (Å²) in [5.41, 5.74) is 6.42. The third-order valence-electron chi connectivity index (χ3n) is 4.39. The van der Waals surface area contributed by atoms with Gasteiger partial charge in [0.05, 0.1) is 7.11 Å². The number of benzene rings is 2. The molecule has 0 aliphatic heterocycles. The Morgan fingerprint density at radius 2 is 1.81 bits per heavy atom. The molecule has 0 aromatic heterocycles. The van der Waals surface area contributed by atoms with E-state index in [0.29, 0.717) is 18.1 Å². The lowest BCUT2D eigenvalue weighted by Crippen LogP contribution is -2.39. The molecule has 0 spiro atoms. The number of hydrogen-bond acceptors (Lipinski definition) is 7. The standard InChI is InChI=1S/C24H29NO6/c1-5-13-29-22(26)19(25)14-18-11-12-20(30-16-17-9-7-6-8-10-17)21(15-18)31-24(2,3)23(27)28-4/h5-12,15,19H,1,13-14,16,25H2,2-4H3/t19-/m0/s1. The van der Waals surface area contributed by atoms with Gasteiger partial charge in [-0.2, -0.15) is 0 Å². The Labute approximate surface area is 182 Å². The monoisotopic (exact) mass is 427 g/mol. The van der Waals surface area contributed by atoms with E-state index in [1.54, 1.807) is 32.0 Å². The molecule has 2 N–H and O–H groups in total. The number of ether oxygens (including phenoxy) is 4. The number of hydrogen-bond donors (Lipinski definition) is 1. The molecule has 2 aromatic rings. The fourth-order valence-electron chi connectivity index (χ4n) is 2.76. The Bertz CT molecular complexity index is 894. The van der Waals surface area contributed by atoms with Crippen LogP contribution in [-0.2, 0) is 32.1 Å². The van der Waals surface area contributed by atoms with Gasteiger partial charge in [-0.15, -0.1) is 0 Å². The predicted octanol–water partition coefficient (Wildman–Crippen LogP) is 3.20. The Morgan fingerprint density at radius 3 is 2.45 bits per heavy atom. The van der Waals surface area contributed by atoms with E-state index >= 15 is 0 Å². The van der Waals surface area contributed by atoms with Gasteiger partial charge in [0.15, 0.2) is 17.1 Å². The molecule has 166 valence electrons. The van der Waals surface area contributed by atoms with E-state index in [9.17, 15) is 9.59 Å². The molecule has 0 aliphatic carbocycles. The van der Waals surface area contributed by atoms with Crippen LogP contribution < -0.4 is 15.2 Å². The fraction of sp³-hybridized carbons (Fsp3) is 0.333. The maximum absolute atomic E-state index is 12.1. The number of rotatable bonds is 11. The Hall–Kier alpha value is -3.32. The number of methoxy groups -OCH3 is 1. The molecule has 0 radical (unpaired) electrons. The van der Waals surface area contributed by atoms with Gasteiger partial charge >= 0.3 is 11.9 Å². The van der Waals surface area contributed by atoms with Crippen molar-refractivity contribution >= 4 is 11.9 Å². The maximum Gasteiger partial charge on any atom is 0.349 e. The van der Waals surface area contributed by atoms with Gasteiger partial charge in [0.2, 0.25) is 0 Å². The molecule has 7 heteroatoms. The first-order chi connectivity index (χ1) is 14.8. The average molecular weight is 427 g/mol. The summed E-state index contributed by atoms with van der Waals surface area (Å²) in [6.45, 7) is 7.13. The molecule has 0 saturated carbocycles. The van der Waals surface area contributed by atoms with Crippen LogP contribution in [0.4, 0.5) is 0 Å². The lowest BCUT2D eigenvalue weighted by atomic mass is 10.1. The highest BCUT2D eigenvalue weighted by Gasteiger charge is 2.32. The number of carbonyl (C=O) groups excluding carboxylic acids is 2. The van der Waals surface area contributed by atoms with E-state index in [0.717, 1.165) is 11.1 Å². The second kappa shape index (κ2) is 11.2. The molecule has 2 rings (SSSR count). The molecule has 0 unspecified atom stereocenters. The van der Waals surface area contributed by atoms with Crippen LogP contribution in [0.5, 0.6) is 11.5 Å². The van der Waals surface area contributed by atoms with Crippen molar-refractivity contribution in [1.82, 2.24) is 0 Å². The van der Waals surface area contributed by atoms with Crippen molar-refractivity contribution in [2.24, 2.45) is 5.73 Å². The summed E-state index contributed by atoms with van der Waals surface area (Å²) in [5.74, 6) is -0.263. The van der Waals surface area contributed by atoms with E-state index in [1.807, 2.05) is 30.3 Å². The van der Waals surface area contributed by atoms with Crippen molar-refractivity contribution in [3.8, 4) is 11.5 Å². The molecule has 0 bridgehead atoms. The van der Waals surface area contributed by atoms with Gasteiger partial charge < -0.3 is 24.7 Å². The lowest BCUT2D eigenvalue weighted by Gasteiger charge is -2.25. The molecule has 0 saturated heterocycles. The molecular formula is C24H29NO6. The molecular weight excluding hydrogens is 398 g/mol. The minimum absolute atomic E-state index is 0.0977. The lowest BCUT2D eigenvalue weighted by molar-refractivity contribution is -0.156. The normalized spacial score (nSPS) is 11.9. The minimum atomic E-state index is -1.25. The minimum Gasteiger partial charge on any atom is -0.485 e. The Kier molecular flexibility index (Phi) is 8.63. The molecule has 0 amide bonds. The van der Waals surface area contributed by atoms with Crippen LogP contribution in [0, 0.1) is 0 Å². The summed E-state index contributed by atoms with van der Waals surface area (Å²) >= 11 is 0. The summed E-state index contributed by atoms with van der Waals surface area (Å²) in [4.78, 5) is 24.1. The van der Waals surface area contributed by atoms with Crippen LogP contribution in [0.15, 0.2) is 61.2 Å². The van der Waals surface area contributed by atoms with Crippen molar-refractivity contribution in [3.05, 3.63) is 72.3 Å². The third-order valence-corrected chi connectivity index (χ3v) is 4.39. The van der Waals surface area contributed by atoms with E-state index in [2.05, 4.69) is 6.58 Å². The summed E-state index contributed by atoms with van der Waals surface area (Å²) in [5, 5.41) is 0. The third kappa shape index (κ3) is 7.15. The predicted molar refractivity (Wildman–Crippen MR) is 117 cm³/mol. The maximum atomic E-state index is 12.1. The van der Waals surface area contributed by atoms with Crippen LogP contribution >= 0.6 is 0 Å². The highest BCUT2D eigenvalue weighted by Crippen LogP contribution is 2.33. The Balaban J connectivity index is 2.24. The zero-order chi connectivity index (χ0) is 22.9. The second-order valence-electron chi connectivity index (χ2n) is 7.39. The average Bonchev–Trinajstić information content (AvgIpc) is 2.76. The quantitative estimate of drug-likeness (QED) is 0.434. The van der Waals surface area contributed by atoms with Gasteiger partial charge in [-0.3, -0.25) is 4.79 Å². The largest absolute Gasteiger partial charge is 0.485 e. The van der Waals surface area contributed by atoms with Gasteiger partial charge in [-0.25, -0.2) is 4.79 Å². The van der Waals surface area contributed by atoms with Crippen LogP contribution in [0.1, 0.15) is 25.0 Å². The molecule has 31 heavy (non-hydrogen) atoms. The van der Waals surface area contributed by atoms with Crippen molar-refractivity contribution in [2.75, 3.05) is 13.7 Å². The molecule has 0 heterocycles. The molecule has 0 aliphatic rings. The zero-order valence-electron chi connectivity index (χ0n) is 18.1. The van der Waals surface area contributed by atoms with Crippen LogP contribution in [0.25, 0.3) is 0 Å². The van der Waals surface area contributed by atoms with Gasteiger partial charge in [0.25, 0.3) is 0 Å². The van der Waals surface area contributed by atoms with E-state index in [-0.39, 0.29) is 13.0 Å². The molecule has 1 atom stereocenters. The Morgan fingerprint density at radius 1 is 1.10 bits per heavy atom.